The summed E-state index contributed by atoms with van der Waals surface area (Å²) < 4.78 is 7.50. The van der Waals surface area contributed by atoms with Crippen LogP contribution >= 0.6 is 31.9 Å². The number of rotatable bonds is 4. The molecular weight excluding hydrogens is 492 g/mol. The summed E-state index contributed by atoms with van der Waals surface area (Å²) in [6.45, 7) is 8.92. The number of hydrogen-bond donors (Lipinski definition) is 0. The molecule has 0 atom stereocenters. The Labute approximate surface area is 187 Å². The topological polar surface area (TPSA) is 9.23 Å². The molecule has 0 N–H and O–H groups in total. The summed E-state index contributed by atoms with van der Waals surface area (Å²) in [5.74, 6) is 12.1. The van der Waals surface area contributed by atoms with Crippen LogP contribution in [0.15, 0.2) is 69.6 Å². The van der Waals surface area contributed by atoms with E-state index in [9.17, 15) is 0 Å². The molecule has 0 amide bonds. The van der Waals surface area contributed by atoms with Crippen LogP contribution in [0.5, 0.6) is 0 Å². The summed E-state index contributed by atoms with van der Waals surface area (Å²) in [6.07, 6.45) is 0. The Balaban J connectivity index is 2.51. The van der Waals surface area contributed by atoms with Gasteiger partial charge in [0.2, 0.25) is 0 Å². The van der Waals surface area contributed by atoms with Crippen LogP contribution in [0.4, 0.5) is 0 Å². The van der Waals surface area contributed by atoms with Crippen molar-refractivity contribution in [1.29, 1.82) is 0 Å². The highest BCUT2D eigenvalue weighted by atomic mass is 79.9. The van der Waals surface area contributed by atoms with E-state index in [1.54, 1.807) is 6.92 Å². The highest BCUT2D eigenvalue weighted by molar-refractivity contribution is 9.28. The molecule has 0 spiro atoms. The maximum atomic E-state index is 6.74. The van der Waals surface area contributed by atoms with Gasteiger partial charge in [-0.2, -0.15) is 0 Å². The van der Waals surface area contributed by atoms with E-state index < -0.39 is 8.32 Å². The molecule has 4 heteroatoms. The van der Waals surface area contributed by atoms with Crippen molar-refractivity contribution in [2.75, 3.05) is 6.61 Å². The molecule has 0 heterocycles. The van der Waals surface area contributed by atoms with E-state index in [4.69, 9.17) is 4.43 Å². The van der Waals surface area contributed by atoms with Gasteiger partial charge in [-0.05, 0) is 54.2 Å². The lowest BCUT2D eigenvalue weighted by atomic mass is 10.2. The Morgan fingerprint density at radius 2 is 1.39 bits per heavy atom. The zero-order valence-electron chi connectivity index (χ0n) is 16.6. The standard InChI is InChI=1S/C24H24Br2OSi/c1-5-13-20(23(25)26)14-12-19-27-28(24(2,3)4,21-15-8-6-9-16-21)22-17-10-7-11-18-22/h6-11,15-18H,19H2,1-4H3. The second kappa shape index (κ2) is 10.3. The molecule has 2 aromatic rings. The zero-order valence-corrected chi connectivity index (χ0v) is 20.8. The highest BCUT2D eigenvalue weighted by Crippen LogP contribution is 2.36. The molecule has 0 saturated heterocycles. The summed E-state index contributed by atoms with van der Waals surface area (Å²) in [6, 6.07) is 21.2. The van der Waals surface area contributed by atoms with Crippen molar-refractivity contribution in [3.8, 4) is 23.7 Å². The third kappa shape index (κ3) is 5.28. The fraction of sp³-hybridized carbons (Fsp3) is 0.250. The Kier molecular flexibility index (Phi) is 8.34. The third-order valence-corrected chi connectivity index (χ3v) is 10.2. The molecule has 0 aliphatic carbocycles. The second-order valence-corrected chi connectivity index (χ2v) is 14.2. The Bertz CT molecular complexity index is 893. The smallest absolute Gasteiger partial charge is 0.262 e. The van der Waals surface area contributed by atoms with Gasteiger partial charge in [0.25, 0.3) is 8.32 Å². The number of benzene rings is 2. The average molecular weight is 516 g/mol. The summed E-state index contributed by atoms with van der Waals surface area (Å²) in [7, 11) is -2.55. The molecule has 0 saturated carbocycles. The van der Waals surface area contributed by atoms with Gasteiger partial charge >= 0.3 is 0 Å². The van der Waals surface area contributed by atoms with Crippen molar-refractivity contribution >= 4 is 50.6 Å². The minimum atomic E-state index is -2.55. The van der Waals surface area contributed by atoms with Crippen LogP contribution in [0.25, 0.3) is 0 Å². The number of hydrogen-bond acceptors (Lipinski definition) is 1. The molecule has 0 unspecified atom stereocenters. The maximum Gasteiger partial charge on any atom is 0.262 e. The monoisotopic (exact) mass is 514 g/mol. The summed E-state index contributed by atoms with van der Waals surface area (Å²) >= 11 is 6.80. The minimum Gasteiger partial charge on any atom is -0.396 e. The Morgan fingerprint density at radius 1 is 0.893 bits per heavy atom. The fourth-order valence-electron chi connectivity index (χ4n) is 3.28. The van der Waals surface area contributed by atoms with Crippen molar-refractivity contribution in [1.82, 2.24) is 0 Å². The molecule has 0 aliphatic heterocycles. The lowest BCUT2D eigenvalue weighted by molar-refractivity contribution is 0.346. The average Bonchev–Trinajstić information content (AvgIpc) is 2.67. The van der Waals surface area contributed by atoms with Gasteiger partial charge in [0.05, 0.1) is 15.6 Å². The quantitative estimate of drug-likeness (QED) is 0.381. The normalized spacial score (nSPS) is 10.9. The van der Waals surface area contributed by atoms with Gasteiger partial charge in [-0.3, -0.25) is 0 Å². The van der Waals surface area contributed by atoms with Crippen LogP contribution in [-0.4, -0.2) is 14.9 Å². The van der Waals surface area contributed by atoms with E-state index in [2.05, 4.69) is 125 Å². The molecule has 0 fully saturated rings. The van der Waals surface area contributed by atoms with Crippen LogP contribution in [0.3, 0.4) is 0 Å². The largest absolute Gasteiger partial charge is 0.396 e. The second-order valence-electron chi connectivity index (χ2n) is 7.26. The molecule has 0 radical (unpaired) electrons. The van der Waals surface area contributed by atoms with Gasteiger partial charge in [-0.1, -0.05) is 99.2 Å². The van der Waals surface area contributed by atoms with E-state index in [1.807, 2.05) is 12.1 Å². The van der Waals surface area contributed by atoms with E-state index >= 15 is 0 Å². The predicted molar refractivity (Wildman–Crippen MR) is 130 cm³/mol. The molecule has 144 valence electrons. The maximum absolute atomic E-state index is 6.74. The molecule has 1 nitrogen and oxygen atoms in total. The van der Waals surface area contributed by atoms with Gasteiger partial charge in [-0.15, -0.1) is 5.92 Å². The first kappa shape index (κ1) is 22.7. The van der Waals surface area contributed by atoms with E-state index in [1.165, 1.54) is 10.4 Å². The van der Waals surface area contributed by atoms with Gasteiger partial charge < -0.3 is 4.43 Å². The lowest BCUT2D eigenvalue weighted by Crippen LogP contribution is -2.66. The van der Waals surface area contributed by atoms with Gasteiger partial charge in [0.15, 0.2) is 0 Å². The van der Waals surface area contributed by atoms with E-state index in [-0.39, 0.29) is 5.04 Å². The number of allylic oxidation sites excluding steroid dienone is 1. The molecule has 0 aromatic heterocycles. The Hall–Kier alpha value is -1.56. The molecule has 0 aliphatic rings. The molecule has 2 rings (SSSR count). The first-order chi connectivity index (χ1) is 13.3. The van der Waals surface area contributed by atoms with Crippen LogP contribution < -0.4 is 10.4 Å². The van der Waals surface area contributed by atoms with Gasteiger partial charge in [0, 0.05) is 0 Å². The van der Waals surface area contributed by atoms with E-state index in [0.29, 0.717) is 12.2 Å². The molecule has 0 bridgehead atoms. The molecule has 2 aromatic carbocycles. The van der Waals surface area contributed by atoms with Crippen molar-refractivity contribution in [3.05, 3.63) is 69.6 Å². The van der Waals surface area contributed by atoms with Crippen LogP contribution in [0.2, 0.25) is 5.04 Å². The van der Waals surface area contributed by atoms with Crippen molar-refractivity contribution in [2.24, 2.45) is 0 Å². The molecular formula is C24H24Br2OSi. The zero-order chi connectivity index (χ0) is 20.6. The third-order valence-electron chi connectivity index (χ3n) is 4.43. The summed E-state index contributed by atoms with van der Waals surface area (Å²) in [4.78, 5) is 0. The first-order valence-electron chi connectivity index (χ1n) is 9.05. The first-order valence-corrected chi connectivity index (χ1v) is 12.5. The van der Waals surface area contributed by atoms with Crippen LogP contribution in [0, 0.1) is 23.7 Å². The fourth-order valence-corrected chi connectivity index (χ4v) is 8.12. The lowest BCUT2D eigenvalue weighted by Gasteiger charge is -2.42. The Morgan fingerprint density at radius 3 is 1.79 bits per heavy atom. The van der Waals surface area contributed by atoms with Crippen molar-refractivity contribution < 1.29 is 4.43 Å². The van der Waals surface area contributed by atoms with E-state index in [0.717, 1.165) is 3.39 Å². The summed E-state index contributed by atoms with van der Waals surface area (Å²) in [5.41, 5.74) is 0.716. The highest BCUT2D eigenvalue weighted by Gasteiger charge is 2.49. The van der Waals surface area contributed by atoms with Crippen LogP contribution in [-0.2, 0) is 4.43 Å². The predicted octanol–water partition coefficient (Wildman–Crippen LogP) is 5.59. The van der Waals surface area contributed by atoms with Gasteiger partial charge in [-0.25, -0.2) is 0 Å². The summed E-state index contributed by atoms with van der Waals surface area (Å²) in [5, 5.41) is 2.44. The number of halogens is 2. The van der Waals surface area contributed by atoms with Crippen molar-refractivity contribution in [2.45, 2.75) is 32.7 Å². The van der Waals surface area contributed by atoms with Crippen molar-refractivity contribution in [3.63, 3.8) is 0 Å². The van der Waals surface area contributed by atoms with Crippen LogP contribution in [0.1, 0.15) is 27.7 Å². The minimum absolute atomic E-state index is 0.0602. The SMILES string of the molecule is CC#CC(C#CCO[Si](c1ccccc1)(c1ccccc1)C(C)(C)C)=C(Br)Br. The van der Waals surface area contributed by atoms with Gasteiger partial charge in [0.1, 0.15) is 0 Å². The molecule has 28 heavy (non-hydrogen) atoms.